The highest BCUT2D eigenvalue weighted by Crippen LogP contribution is 2.19. The summed E-state index contributed by atoms with van der Waals surface area (Å²) in [6.45, 7) is 3.39. The fraction of sp³-hybridized carbons (Fsp3) is 0.900. The standard InChI is InChI=1S/C10H19NO4/c1-7(4-10(12)13)11-5-8(14-2)9(6-11)15-3/h7-9H,4-6H2,1-3H3,(H,12,13). The first-order chi connectivity index (χ1) is 7.08. The van der Waals surface area contributed by atoms with Gasteiger partial charge in [-0.1, -0.05) is 0 Å². The molecule has 3 atom stereocenters. The van der Waals surface area contributed by atoms with Crippen molar-refractivity contribution in [2.24, 2.45) is 0 Å². The highest BCUT2D eigenvalue weighted by Gasteiger charge is 2.35. The molecule has 1 rings (SSSR count). The van der Waals surface area contributed by atoms with Crippen LogP contribution in [0.1, 0.15) is 13.3 Å². The van der Waals surface area contributed by atoms with E-state index in [1.54, 1.807) is 14.2 Å². The lowest BCUT2D eigenvalue weighted by atomic mass is 10.2. The van der Waals surface area contributed by atoms with E-state index in [9.17, 15) is 4.79 Å². The lowest BCUT2D eigenvalue weighted by Gasteiger charge is -2.22. The molecule has 1 aliphatic heterocycles. The first kappa shape index (κ1) is 12.4. The van der Waals surface area contributed by atoms with Gasteiger partial charge in [-0.05, 0) is 6.92 Å². The molecule has 0 spiro atoms. The van der Waals surface area contributed by atoms with Crippen LogP contribution in [0.4, 0.5) is 0 Å². The Morgan fingerprint density at radius 2 is 1.87 bits per heavy atom. The summed E-state index contributed by atoms with van der Waals surface area (Å²) in [6.07, 6.45) is 0.254. The minimum Gasteiger partial charge on any atom is -0.481 e. The molecule has 5 heteroatoms. The monoisotopic (exact) mass is 217 g/mol. The predicted octanol–water partition coefficient (Wildman–Crippen LogP) is 0.195. The molecule has 15 heavy (non-hydrogen) atoms. The fourth-order valence-corrected chi connectivity index (χ4v) is 1.97. The van der Waals surface area contributed by atoms with Crippen molar-refractivity contribution in [3.05, 3.63) is 0 Å². The average Bonchev–Trinajstić information content (AvgIpc) is 2.59. The number of carboxylic acid groups (broad SMARTS) is 1. The molecule has 5 nitrogen and oxygen atoms in total. The molecule has 1 saturated heterocycles. The van der Waals surface area contributed by atoms with Crippen LogP contribution < -0.4 is 0 Å². The van der Waals surface area contributed by atoms with Crippen LogP contribution in [0.3, 0.4) is 0 Å². The fourth-order valence-electron chi connectivity index (χ4n) is 1.97. The number of likely N-dealkylation sites (tertiary alicyclic amines) is 1. The molecular formula is C10H19NO4. The second-order valence-corrected chi connectivity index (χ2v) is 3.95. The van der Waals surface area contributed by atoms with Crippen LogP contribution in [0.25, 0.3) is 0 Å². The quantitative estimate of drug-likeness (QED) is 0.712. The third-order valence-electron chi connectivity index (χ3n) is 2.94. The summed E-state index contributed by atoms with van der Waals surface area (Å²) in [5, 5.41) is 8.70. The van der Waals surface area contributed by atoms with E-state index in [0.29, 0.717) is 0 Å². The summed E-state index contributed by atoms with van der Waals surface area (Å²) < 4.78 is 10.6. The number of nitrogens with zero attached hydrogens (tertiary/aromatic N) is 1. The smallest absolute Gasteiger partial charge is 0.304 e. The molecule has 0 aromatic heterocycles. The molecule has 1 N–H and O–H groups in total. The summed E-state index contributed by atoms with van der Waals surface area (Å²) >= 11 is 0. The Kier molecular flexibility index (Phi) is 4.50. The molecule has 0 aromatic rings. The molecule has 0 aromatic carbocycles. The minimum atomic E-state index is -0.766. The van der Waals surface area contributed by atoms with Crippen LogP contribution in [0.2, 0.25) is 0 Å². The van der Waals surface area contributed by atoms with Crippen molar-refractivity contribution in [2.45, 2.75) is 31.6 Å². The van der Waals surface area contributed by atoms with Gasteiger partial charge in [0.25, 0.3) is 0 Å². The summed E-state index contributed by atoms with van der Waals surface area (Å²) in [5.41, 5.74) is 0. The van der Waals surface area contributed by atoms with Gasteiger partial charge < -0.3 is 14.6 Å². The zero-order chi connectivity index (χ0) is 11.4. The molecule has 0 radical (unpaired) electrons. The maximum atomic E-state index is 10.6. The van der Waals surface area contributed by atoms with Crippen molar-refractivity contribution in [1.29, 1.82) is 0 Å². The van der Waals surface area contributed by atoms with Crippen LogP contribution in [0.15, 0.2) is 0 Å². The Morgan fingerprint density at radius 3 is 2.20 bits per heavy atom. The van der Waals surface area contributed by atoms with Gasteiger partial charge in [0.2, 0.25) is 0 Å². The van der Waals surface area contributed by atoms with Gasteiger partial charge in [-0.15, -0.1) is 0 Å². The molecule has 88 valence electrons. The van der Waals surface area contributed by atoms with Gasteiger partial charge in [-0.2, -0.15) is 0 Å². The molecule has 0 saturated carbocycles. The highest BCUT2D eigenvalue weighted by atomic mass is 16.5. The van der Waals surface area contributed by atoms with Gasteiger partial charge >= 0.3 is 5.97 Å². The normalized spacial score (nSPS) is 29.3. The lowest BCUT2D eigenvalue weighted by Crippen LogP contribution is -2.33. The second kappa shape index (κ2) is 5.44. The first-order valence-electron chi connectivity index (χ1n) is 5.10. The Hall–Kier alpha value is -0.650. The Bertz CT molecular complexity index is 209. The van der Waals surface area contributed by atoms with Gasteiger partial charge in [0.1, 0.15) is 0 Å². The van der Waals surface area contributed by atoms with E-state index < -0.39 is 5.97 Å². The molecular weight excluding hydrogens is 198 g/mol. The summed E-state index contributed by atoms with van der Waals surface area (Å²) in [7, 11) is 3.31. The number of carboxylic acids is 1. The number of rotatable bonds is 5. The third-order valence-corrected chi connectivity index (χ3v) is 2.94. The zero-order valence-corrected chi connectivity index (χ0v) is 9.47. The van der Waals surface area contributed by atoms with Crippen LogP contribution in [0, 0.1) is 0 Å². The van der Waals surface area contributed by atoms with Crippen LogP contribution in [0.5, 0.6) is 0 Å². The van der Waals surface area contributed by atoms with Crippen LogP contribution in [-0.2, 0) is 14.3 Å². The number of carbonyl (C=O) groups is 1. The van der Waals surface area contributed by atoms with Crippen LogP contribution >= 0.6 is 0 Å². The SMILES string of the molecule is COC1CN(C(C)CC(=O)O)CC1OC. The molecule has 0 bridgehead atoms. The van der Waals surface area contributed by atoms with Gasteiger partial charge in [-0.3, -0.25) is 9.69 Å². The Labute approximate surface area is 90.0 Å². The van der Waals surface area contributed by atoms with Gasteiger partial charge in [0.15, 0.2) is 0 Å². The summed E-state index contributed by atoms with van der Waals surface area (Å²) in [5.74, 6) is -0.766. The molecule has 1 fully saturated rings. The second-order valence-electron chi connectivity index (χ2n) is 3.95. The van der Waals surface area contributed by atoms with Crippen molar-refractivity contribution < 1.29 is 19.4 Å². The number of ether oxygens (including phenoxy) is 2. The zero-order valence-electron chi connectivity index (χ0n) is 9.47. The number of aliphatic carboxylic acids is 1. The van der Waals surface area contributed by atoms with E-state index in [0.717, 1.165) is 13.1 Å². The van der Waals surface area contributed by atoms with E-state index in [4.69, 9.17) is 14.6 Å². The van der Waals surface area contributed by atoms with E-state index in [-0.39, 0.29) is 24.7 Å². The van der Waals surface area contributed by atoms with E-state index in [1.807, 2.05) is 6.92 Å². The number of methoxy groups -OCH3 is 2. The number of hydrogen-bond donors (Lipinski definition) is 1. The van der Waals surface area contributed by atoms with Gasteiger partial charge in [0, 0.05) is 33.4 Å². The molecule has 1 heterocycles. The predicted molar refractivity (Wildman–Crippen MR) is 54.9 cm³/mol. The maximum Gasteiger partial charge on any atom is 0.304 e. The lowest BCUT2D eigenvalue weighted by molar-refractivity contribution is -0.138. The molecule has 0 amide bonds. The molecule has 3 unspecified atom stereocenters. The van der Waals surface area contributed by atoms with Crippen molar-refractivity contribution >= 4 is 5.97 Å². The van der Waals surface area contributed by atoms with Gasteiger partial charge in [0.05, 0.1) is 18.6 Å². The van der Waals surface area contributed by atoms with Crippen molar-refractivity contribution in [3.8, 4) is 0 Å². The largest absolute Gasteiger partial charge is 0.481 e. The van der Waals surface area contributed by atoms with Gasteiger partial charge in [-0.25, -0.2) is 0 Å². The van der Waals surface area contributed by atoms with E-state index in [1.165, 1.54) is 0 Å². The van der Waals surface area contributed by atoms with E-state index in [2.05, 4.69) is 4.90 Å². The molecule has 0 aliphatic carbocycles. The minimum absolute atomic E-state index is 0.0281. The number of hydrogen-bond acceptors (Lipinski definition) is 4. The summed E-state index contributed by atoms with van der Waals surface area (Å²) in [6, 6.07) is 0.0281. The van der Waals surface area contributed by atoms with Crippen LogP contribution in [-0.4, -0.2) is 61.5 Å². The Morgan fingerprint density at radius 1 is 1.40 bits per heavy atom. The average molecular weight is 217 g/mol. The summed E-state index contributed by atoms with van der Waals surface area (Å²) in [4.78, 5) is 12.7. The first-order valence-corrected chi connectivity index (χ1v) is 5.10. The third kappa shape index (κ3) is 3.15. The maximum absolute atomic E-state index is 10.6. The highest BCUT2D eigenvalue weighted by molar-refractivity contribution is 5.67. The Balaban J connectivity index is 2.48. The van der Waals surface area contributed by atoms with E-state index >= 15 is 0 Å². The van der Waals surface area contributed by atoms with Crippen molar-refractivity contribution in [1.82, 2.24) is 4.90 Å². The molecule has 1 aliphatic rings. The van der Waals surface area contributed by atoms with Crippen molar-refractivity contribution in [2.75, 3.05) is 27.3 Å². The topological polar surface area (TPSA) is 59.0 Å². The van der Waals surface area contributed by atoms with Crippen molar-refractivity contribution in [3.63, 3.8) is 0 Å².